The molecule has 0 saturated heterocycles. The maximum absolute atomic E-state index is 6.36. The molecular formula is C14H15BrN2. The minimum absolute atomic E-state index is 0.387. The molecule has 0 bridgehead atoms. The normalized spacial score (nSPS) is 14.3. The van der Waals surface area contributed by atoms with Crippen molar-refractivity contribution in [3.05, 3.63) is 64.4 Å². The molecule has 0 amide bonds. The molecule has 17 heavy (non-hydrogen) atoms. The fourth-order valence-electron chi connectivity index (χ4n) is 1.81. The van der Waals surface area contributed by atoms with Crippen molar-refractivity contribution in [1.82, 2.24) is 4.98 Å². The Labute approximate surface area is 110 Å². The summed E-state index contributed by atoms with van der Waals surface area (Å²) in [6, 6.07) is 14.1. The molecule has 1 heterocycles. The number of nitrogens with two attached hydrogens (primary N) is 1. The van der Waals surface area contributed by atoms with Crippen LogP contribution in [-0.2, 0) is 12.0 Å². The number of hydrogen-bond donors (Lipinski definition) is 1. The highest BCUT2D eigenvalue weighted by molar-refractivity contribution is 9.10. The maximum atomic E-state index is 6.36. The Morgan fingerprint density at radius 2 is 1.88 bits per heavy atom. The minimum Gasteiger partial charge on any atom is -0.321 e. The monoisotopic (exact) mass is 290 g/mol. The Bertz CT molecular complexity index is 477. The standard InChI is InChI=1S/C14H15BrN2/c1-14(16,11-5-3-2-4-6-11)9-13-8-7-12(15)10-17-13/h2-8,10H,9,16H2,1H3. The van der Waals surface area contributed by atoms with Crippen LogP contribution in [0.4, 0.5) is 0 Å². The van der Waals surface area contributed by atoms with Crippen LogP contribution in [0.15, 0.2) is 53.1 Å². The molecule has 0 spiro atoms. The molecule has 2 rings (SSSR count). The first-order valence-corrected chi connectivity index (χ1v) is 6.32. The molecule has 1 unspecified atom stereocenters. The number of nitrogens with zero attached hydrogens (tertiary/aromatic N) is 1. The average molecular weight is 291 g/mol. The molecule has 0 aliphatic carbocycles. The Morgan fingerprint density at radius 3 is 2.47 bits per heavy atom. The second-order valence-electron chi connectivity index (χ2n) is 4.43. The largest absolute Gasteiger partial charge is 0.321 e. The van der Waals surface area contributed by atoms with Gasteiger partial charge in [-0.2, -0.15) is 0 Å². The van der Waals surface area contributed by atoms with E-state index in [1.807, 2.05) is 37.3 Å². The van der Waals surface area contributed by atoms with E-state index in [0.29, 0.717) is 0 Å². The number of benzene rings is 1. The van der Waals surface area contributed by atoms with E-state index in [9.17, 15) is 0 Å². The molecule has 2 aromatic rings. The molecule has 2 N–H and O–H groups in total. The third kappa shape index (κ3) is 3.14. The zero-order valence-corrected chi connectivity index (χ0v) is 11.3. The average Bonchev–Trinajstić information content (AvgIpc) is 2.33. The smallest absolute Gasteiger partial charge is 0.0436 e. The quantitative estimate of drug-likeness (QED) is 0.942. The van der Waals surface area contributed by atoms with Crippen molar-refractivity contribution in [2.45, 2.75) is 18.9 Å². The van der Waals surface area contributed by atoms with Gasteiger partial charge >= 0.3 is 0 Å². The molecule has 3 heteroatoms. The van der Waals surface area contributed by atoms with Gasteiger partial charge in [0.1, 0.15) is 0 Å². The van der Waals surface area contributed by atoms with Crippen LogP contribution >= 0.6 is 15.9 Å². The zero-order valence-electron chi connectivity index (χ0n) is 9.73. The van der Waals surface area contributed by atoms with Crippen molar-refractivity contribution < 1.29 is 0 Å². The summed E-state index contributed by atoms with van der Waals surface area (Å²) in [4.78, 5) is 4.36. The molecule has 1 atom stereocenters. The minimum atomic E-state index is -0.387. The molecular weight excluding hydrogens is 276 g/mol. The fraction of sp³-hybridized carbons (Fsp3) is 0.214. The Morgan fingerprint density at radius 1 is 1.18 bits per heavy atom. The topological polar surface area (TPSA) is 38.9 Å². The summed E-state index contributed by atoms with van der Waals surface area (Å²) >= 11 is 3.38. The lowest BCUT2D eigenvalue weighted by Crippen LogP contribution is -2.35. The predicted octanol–water partition coefficient (Wildman–Crippen LogP) is 3.26. The van der Waals surface area contributed by atoms with E-state index in [1.54, 1.807) is 6.20 Å². The Hall–Kier alpha value is -1.19. The second-order valence-corrected chi connectivity index (χ2v) is 5.34. The van der Waals surface area contributed by atoms with Crippen LogP contribution in [-0.4, -0.2) is 4.98 Å². The highest BCUT2D eigenvalue weighted by atomic mass is 79.9. The van der Waals surface area contributed by atoms with Crippen molar-refractivity contribution in [2.75, 3.05) is 0 Å². The summed E-state index contributed by atoms with van der Waals surface area (Å²) in [5.41, 5.74) is 8.10. The summed E-state index contributed by atoms with van der Waals surface area (Å²) in [5, 5.41) is 0. The van der Waals surface area contributed by atoms with Crippen molar-refractivity contribution in [1.29, 1.82) is 0 Å². The molecule has 0 aliphatic heterocycles. The number of hydrogen-bond acceptors (Lipinski definition) is 2. The van der Waals surface area contributed by atoms with E-state index in [2.05, 4.69) is 33.0 Å². The van der Waals surface area contributed by atoms with Crippen molar-refractivity contribution in [2.24, 2.45) is 5.73 Å². The van der Waals surface area contributed by atoms with Gasteiger partial charge in [-0.1, -0.05) is 30.3 Å². The van der Waals surface area contributed by atoms with Gasteiger partial charge in [-0.25, -0.2) is 0 Å². The van der Waals surface area contributed by atoms with E-state index in [-0.39, 0.29) is 5.54 Å². The molecule has 1 aromatic carbocycles. The van der Waals surface area contributed by atoms with E-state index in [1.165, 1.54) is 0 Å². The third-order valence-corrected chi connectivity index (χ3v) is 3.24. The summed E-state index contributed by atoms with van der Waals surface area (Å²) in [5.74, 6) is 0. The lowest BCUT2D eigenvalue weighted by molar-refractivity contribution is 0.485. The Kier molecular flexibility index (Phi) is 3.60. The molecule has 1 aromatic heterocycles. The lowest BCUT2D eigenvalue weighted by Gasteiger charge is -2.24. The number of rotatable bonds is 3. The fourth-order valence-corrected chi connectivity index (χ4v) is 2.04. The van der Waals surface area contributed by atoms with Gasteiger partial charge in [0.2, 0.25) is 0 Å². The summed E-state index contributed by atoms with van der Waals surface area (Å²) in [6.45, 7) is 2.03. The second kappa shape index (κ2) is 4.98. The van der Waals surface area contributed by atoms with Gasteiger partial charge < -0.3 is 5.73 Å². The molecule has 0 radical (unpaired) electrons. The van der Waals surface area contributed by atoms with Crippen LogP contribution in [0.5, 0.6) is 0 Å². The molecule has 0 saturated carbocycles. The summed E-state index contributed by atoms with van der Waals surface area (Å²) in [6.07, 6.45) is 2.53. The van der Waals surface area contributed by atoms with Gasteiger partial charge in [-0.15, -0.1) is 0 Å². The molecule has 88 valence electrons. The van der Waals surface area contributed by atoms with Gasteiger partial charge in [0.15, 0.2) is 0 Å². The van der Waals surface area contributed by atoms with Crippen LogP contribution in [0.25, 0.3) is 0 Å². The van der Waals surface area contributed by atoms with E-state index < -0.39 is 0 Å². The zero-order chi connectivity index (χ0) is 12.3. The first kappa shape index (κ1) is 12.3. The van der Waals surface area contributed by atoms with Crippen LogP contribution in [0, 0.1) is 0 Å². The highest BCUT2D eigenvalue weighted by Gasteiger charge is 2.21. The number of halogens is 1. The van der Waals surface area contributed by atoms with Gasteiger partial charge in [0, 0.05) is 28.3 Å². The SMILES string of the molecule is CC(N)(Cc1ccc(Br)cn1)c1ccccc1. The Balaban J connectivity index is 2.20. The summed E-state index contributed by atoms with van der Waals surface area (Å²) in [7, 11) is 0. The van der Waals surface area contributed by atoms with Crippen LogP contribution < -0.4 is 5.73 Å². The van der Waals surface area contributed by atoms with E-state index in [4.69, 9.17) is 5.73 Å². The van der Waals surface area contributed by atoms with Crippen LogP contribution in [0.1, 0.15) is 18.2 Å². The van der Waals surface area contributed by atoms with Crippen molar-refractivity contribution in [3.8, 4) is 0 Å². The first-order chi connectivity index (χ1) is 8.08. The van der Waals surface area contributed by atoms with Crippen LogP contribution in [0.3, 0.4) is 0 Å². The van der Waals surface area contributed by atoms with Gasteiger partial charge in [0.05, 0.1) is 0 Å². The van der Waals surface area contributed by atoms with E-state index in [0.717, 1.165) is 22.2 Å². The van der Waals surface area contributed by atoms with Gasteiger partial charge in [-0.3, -0.25) is 4.98 Å². The molecule has 2 nitrogen and oxygen atoms in total. The van der Waals surface area contributed by atoms with Crippen molar-refractivity contribution in [3.63, 3.8) is 0 Å². The van der Waals surface area contributed by atoms with Gasteiger partial charge in [-0.05, 0) is 40.5 Å². The first-order valence-electron chi connectivity index (χ1n) is 5.53. The molecule has 0 fully saturated rings. The lowest BCUT2D eigenvalue weighted by atomic mass is 9.88. The van der Waals surface area contributed by atoms with E-state index >= 15 is 0 Å². The van der Waals surface area contributed by atoms with Crippen molar-refractivity contribution >= 4 is 15.9 Å². The maximum Gasteiger partial charge on any atom is 0.0436 e. The molecule has 0 aliphatic rings. The number of aromatic nitrogens is 1. The summed E-state index contributed by atoms with van der Waals surface area (Å²) < 4.78 is 0.986. The predicted molar refractivity (Wildman–Crippen MR) is 73.6 cm³/mol. The van der Waals surface area contributed by atoms with Crippen LogP contribution in [0.2, 0.25) is 0 Å². The number of pyridine rings is 1. The highest BCUT2D eigenvalue weighted by Crippen LogP contribution is 2.22. The van der Waals surface area contributed by atoms with Gasteiger partial charge in [0.25, 0.3) is 0 Å². The third-order valence-electron chi connectivity index (χ3n) is 2.77.